The molecule has 27 heavy (non-hydrogen) atoms. The van der Waals surface area contributed by atoms with E-state index in [9.17, 15) is 4.79 Å². The van der Waals surface area contributed by atoms with Crippen LogP contribution in [0.25, 0.3) is 0 Å². The molecule has 0 saturated carbocycles. The van der Waals surface area contributed by atoms with Crippen molar-refractivity contribution in [1.82, 2.24) is 9.80 Å². The molecule has 0 bridgehead atoms. The number of amides is 2. The van der Waals surface area contributed by atoms with Gasteiger partial charge in [0.15, 0.2) is 11.5 Å². The number of rotatable bonds is 9. The largest absolute Gasteiger partial charge is 0.490 e. The highest BCUT2D eigenvalue weighted by atomic mass is 16.5. The van der Waals surface area contributed by atoms with E-state index in [2.05, 4.69) is 10.2 Å². The minimum atomic E-state index is -0.128. The number of nitrogens with zero attached hydrogens (tertiary/aromatic N) is 2. The molecular weight excluding hydrogens is 348 g/mol. The van der Waals surface area contributed by atoms with Gasteiger partial charge in [0.05, 0.1) is 25.5 Å². The van der Waals surface area contributed by atoms with Crippen molar-refractivity contribution in [3.8, 4) is 17.2 Å². The maximum Gasteiger partial charge on any atom is 0.321 e. The number of anilines is 1. The Labute approximate surface area is 161 Å². The highest BCUT2D eigenvalue weighted by molar-refractivity contribution is 5.90. The van der Waals surface area contributed by atoms with Gasteiger partial charge < -0.3 is 30.2 Å². The topological polar surface area (TPSA) is 89.3 Å². The van der Waals surface area contributed by atoms with Crippen molar-refractivity contribution in [3.63, 3.8) is 0 Å². The third kappa shape index (κ3) is 5.90. The van der Waals surface area contributed by atoms with Crippen LogP contribution in [0.3, 0.4) is 0 Å². The second-order valence-corrected chi connectivity index (χ2v) is 6.15. The summed E-state index contributed by atoms with van der Waals surface area (Å²) >= 11 is 0. The van der Waals surface area contributed by atoms with Crippen molar-refractivity contribution in [2.45, 2.75) is 20.8 Å². The lowest BCUT2D eigenvalue weighted by Crippen LogP contribution is -2.50. The quantitative estimate of drug-likeness (QED) is 0.681. The molecule has 1 saturated heterocycles. The van der Waals surface area contributed by atoms with Crippen LogP contribution in [0.1, 0.15) is 20.8 Å². The number of urea groups is 1. The van der Waals surface area contributed by atoms with Crippen LogP contribution >= 0.6 is 0 Å². The van der Waals surface area contributed by atoms with Gasteiger partial charge >= 0.3 is 6.03 Å². The minimum absolute atomic E-state index is 0.128. The first-order chi connectivity index (χ1) is 13.1. The molecule has 0 aliphatic carbocycles. The van der Waals surface area contributed by atoms with E-state index in [4.69, 9.17) is 19.9 Å². The molecule has 8 heteroatoms. The Kier molecular flexibility index (Phi) is 8.47. The molecular formula is C19H32N4O4. The van der Waals surface area contributed by atoms with Crippen LogP contribution in [0.4, 0.5) is 10.5 Å². The molecule has 1 heterocycles. The van der Waals surface area contributed by atoms with Gasteiger partial charge in [-0.15, -0.1) is 0 Å². The van der Waals surface area contributed by atoms with E-state index in [1.165, 1.54) is 0 Å². The second kappa shape index (κ2) is 10.8. The average Bonchev–Trinajstić information content (AvgIpc) is 2.66. The van der Waals surface area contributed by atoms with Crippen LogP contribution in [0.2, 0.25) is 0 Å². The van der Waals surface area contributed by atoms with Crippen molar-refractivity contribution in [1.29, 1.82) is 0 Å². The lowest BCUT2D eigenvalue weighted by molar-refractivity contribution is 0.149. The Bertz CT molecular complexity index is 576. The van der Waals surface area contributed by atoms with Crippen molar-refractivity contribution in [3.05, 3.63) is 12.1 Å². The normalized spacial score (nSPS) is 14.7. The molecule has 0 spiro atoms. The summed E-state index contributed by atoms with van der Waals surface area (Å²) in [7, 11) is 0. The molecule has 1 aromatic rings. The number of carbonyl (C=O) groups is 1. The molecule has 3 N–H and O–H groups in total. The lowest BCUT2D eigenvalue weighted by Gasteiger charge is -2.34. The number of piperazine rings is 1. The molecule has 0 unspecified atom stereocenters. The van der Waals surface area contributed by atoms with Crippen LogP contribution in [0.15, 0.2) is 12.1 Å². The molecule has 1 aromatic carbocycles. The fourth-order valence-corrected chi connectivity index (χ4v) is 3.02. The van der Waals surface area contributed by atoms with Crippen molar-refractivity contribution in [2.75, 3.05) is 64.4 Å². The summed E-state index contributed by atoms with van der Waals surface area (Å²) in [4.78, 5) is 16.7. The van der Waals surface area contributed by atoms with E-state index in [0.29, 0.717) is 62.4 Å². The SMILES string of the molecule is CCOc1cc(NC(=O)N2CCN(CCN)CC2)cc(OCC)c1OCC. The summed E-state index contributed by atoms with van der Waals surface area (Å²) in [5.74, 6) is 1.69. The lowest BCUT2D eigenvalue weighted by atomic mass is 10.2. The summed E-state index contributed by atoms with van der Waals surface area (Å²) in [6.45, 7) is 11.7. The third-order valence-electron chi connectivity index (χ3n) is 4.27. The molecule has 0 aromatic heterocycles. The maximum atomic E-state index is 12.6. The summed E-state index contributed by atoms with van der Waals surface area (Å²) in [5, 5.41) is 2.95. The van der Waals surface area contributed by atoms with E-state index < -0.39 is 0 Å². The maximum absolute atomic E-state index is 12.6. The van der Waals surface area contributed by atoms with Crippen LogP contribution in [0.5, 0.6) is 17.2 Å². The van der Waals surface area contributed by atoms with Gasteiger partial charge in [-0.25, -0.2) is 4.79 Å². The third-order valence-corrected chi connectivity index (χ3v) is 4.27. The number of hydrogen-bond acceptors (Lipinski definition) is 6. The zero-order valence-electron chi connectivity index (χ0n) is 16.6. The van der Waals surface area contributed by atoms with E-state index in [1.807, 2.05) is 25.7 Å². The average molecular weight is 380 g/mol. The van der Waals surface area contributed by atoms with Gasteiger partial charge in [0.1, 0.15) is 0 Å². The van der Waals surface area contributed by atoms with Gasteiger partial charge in [0.25, 0.3) is 0 Å². The molecule has 2 rings (SSSR count). The number of ether oxygens (including phenoxy) is 3. The summed E-state index contributed by atoms with van der Waals surface area (Å²) in [6.07, 6.45) is 0. The van der Waals surface area contributed by atoms with Crippen LogP contribution in [0, 0.1) is 0 Å². The van der Waals surface area contributed by atoms with Crippen LogP contribution < -0.4 is 25.3 Å². The number of carbonyl (C=O) groups excluding carboxylic acids is 1. The van der Waals surface area contributed by atoms with Crippen molar-refractivity contribution in [2.24, 2.45) is 5.73 Å². The molecule has 2 amide bonds. The monoisotopic (exact) mass is 380 g/mol. The molecule has 8 nitrogen and oxygen atoms in total. The van der Waals surface area contributed by atoms with E-state index in [1.54, 1.807) is 12.1 Å². The first-order valence-electron chi connectivity index (χ1n) is 9.67. The molecule has 0 radical (unpaired) electrons. The fraction of sp³-hybridized carbons (Fsp3) is 0.632. The Hall–Kier alpha value is -2.19. The number of nitrogens with one attached hydrogen (secondary N) is 1. The van der Waals surface area contributed by atoms with E-state index in [0.717, 1.165) is 19.6 Å². The van der Waals surface area contributed by atoms with E-state index >= 15 is 0 Å². The van der Waals surface area contributed by atoms with Gasteiger partial charge in [0.2, 0.25) is 5.75 Å². The minimum Gasteiger partial charge on any atom is -0.490 e. The highest BCUT2D eigenvalue weighted by Gasteiger charge is 2.22. The van der Waals surface area contributed by atoms with Gasteiger partial charge in [-0.3, -0.25) is 4.90 Å². The fourth-order valence-electron chi connectivity index (χ4n) is 3.02. The smallest absolute Gasteiger partial charge is 0.321 e. The molecule has 0 atom stereocenters. The van der Waals surface area contributed by atoms with Crippen LogP contribution in [-0.4, -0.2) is 74.9 Å². The Balaban J connectivity index is 2.11. The zero-order chi connectivity index (χ0) is 19.6. The van der Waals surface area contributed by atoms with Gasteiger partial charge in [-0.05, 0) is 20.8 Å². The number of nitrogens with two attached hydrogens (primary N) is 1. The summed E-state index contributed by atoms with van der Waals surface area (Å²) in [5.41, 5.74) is 6.22. The van der Waals surface area contributed by atoms with Crippen LogP contribution in [-0.2, 0) is 0 Å². The van der Waals surface area contributed by atoms with Gasteiger partial charge in [-0.2, -0.15) is 0 Å². The van der Waals surface area contributed by atoms with E-state index in [-0.39, 0.29) is 6.03 Å². The summed E-state index contributed by atoms with van der Waals surface area (Å²) < 4.78 is 17.1. The molecule has 1 fully saturated rings. The van der Waals surface area contributed by atoms with Gasteiger partial charge in [0, 0.05) is 51.4 Å². The highest BCUT2D eigenvalue weighted by Crippen LogP contribution is 2.40. The summed E-state index contributed by atoms with van der Waals surface area (Å²) in [6, 6.07) is 3.43. The number of hydrogen-bond donors (Lipinski definition) is 2. The Morgan fingerprint density at radius 2 is 1.56 bits per heavy atom. The molecule has 1 aliphatic rings. The standard InChI is InChI=1S/C19H32N4O4/c1-4-25-16-13-15(14-17(26-5-2)18(16)27-6-3)21-19(24)23-11-9-22(8-7-20)10-12-23/h13-14H,4-12,20H2,1-3H3,(H,21,24). The first-order valence-corrected chi connectivity index (χ1v) is 9.67. The first kappa shape index (κ1) is 21.1. The zero-order valence-corrected chi connectivity index (χ0v) is 16.6. The Morgan fingerprint density at radius 3 is 2.04 bits per heavy atom. The number of benzene rings is 1. The predicted octanol–water partition coefficient (Wildman–Crippen LogP) is 1.99. The predicted molar refractivity (Wildman–Crippen MR) is 106 cm³/mol. The molecule has 1 aliphatic heterocycles. The second-order valence-electron chi connectivity index (χ2n) is 6.15. The van der Waals surface area contributed by atoms with Gasteiger partial charge in [-0.1, -0.05) is 0 Å². The Morgan fingerprint density at radius 1 is 1.00 bits per heavy atom. The van der Waals surface area contributed by atoms with Crippen molar-refractivity contribution >= 4 is 11.7 Å². The molecule has 152 valence electrons. The van der Waals surface area contributed by atoms with Crippen molar-refractivity contribution < 1.29 is 19.0 Å².